The Labute approximate surface area is 99.7 Å². The van der Waals surface area contributed by atoms with E-state index in [0.29, 0.717) is 12.2 Å². The molecule has 0 aliphatic rings. The second kappa shape index (κ2) is 6.93. The van der Waals surface area contributed by atoms with Crippen LogP contribution in [0.3, 0.4) is 0 Å². The molecule has 0 aliphatic heterocycles. The minimum Gasteiger partial charge on any atom is -0.478 e. The van der Waals surface area contributed by atoms with E-state index >= 15 is 0 Å². The first-order valence-corrected chi connectivity index (χ1v) is 5.51. The Kier molecular flexibility index (Phi) is 5.51. The van der Waals surface area contributed by atoms with E-state index in [1.165, 1.54) is 12.5 Å². The fourth-order valence-electron chi connectivity index (χ4n) is 1.44. The second-order valence-electron chi connectivity index (χ2n) is 3.84. The van der Waals surface area contributed by atoms with Gasteiger partial charge in [0.1, 0.15) is 11.9 Å². The lowest BCUT2D eigenvalue weighted by Gasteiger charge is -2.13. The minimum absolute atomic E-state index is 0.120. The number of carboxylic acids is 1. The van der Waals surface area contributed by atoms with Crippen molar-refractivity contribution in [3.05, 3.63) is 23.8 Å². The Morgan fingerprint density at radius 3 is 3.00 bits per heavy atom. The average molecular weight is 239 g/mol. The Bertz CT molecular complexity index is 371. The van der Waals surface area contributed by atoms with Gasteiger partial charge in [0.05, 0.1) is 5.69 Å². The molecule has 0 amide bonds. The van der Waals surface area contributed by atoms with Crippen molar-refractivity contribution in [2.75, 3.05) is 6.61 Å². The number of aromatic carboxylic acids is 1. The molecule has 17 heavy (non-hydrogen) atoms. The van der Waals surface area contributed by atoms with Crippen molar-refractivity contribution >= 4 is 5.97 Å². The molecule has 0 saturated carbocycles. The molecule has 6 nitrogen and oxygen atoms in total. The number of nitrogens with zero attached hydrogens (tertiary/aromatic N) is 2. The van der Waals surface area contributed by atoms with Gasteiger partial charge in [-0.05, 0) is 19.8 Å². The number of aromatic nitrogens is 2. The van der Waals surface area contributed by atoms with Crippen molar-refractivity contribution in [2.24, 2.45) is 0 Å². The third-order valence-corrected chi connectivity index (χ3v) is 2.44. The topological polar surface area (TPSA) is 95.3 Å². The Morgan fingerprint density at radius 2 is 2.35 bits per heavy atom. The highest BCUT2D eigenvalue weighted by molar-refractivity contribution is 5.88. The molecule has 0 radical (unpaired) electrons. The van der Waals surface area contributed by atoms with Gasteiger partial charge in [-0.1, -0.05) is 0 Å². The third-order valence-electron chi connectivity index (χ3n) is 2.44. The number of aliphatic hydroxyl groups excluding tert-OH is 1. The van der Waals surface area contributed by atoms with Crippen LogP contribution in [0.1, 0.15) is 35.8 Å². The van der Waals surface area contributed by atoms with Crippen LogP contribution in [0.4, 0.5) is 0 Å². The maximum Gasteiger partial charge on any atom is 0.339 e. The summed E-state index contributed by atoms with van der Waals surface area (Å²) in [6, 6.07) is 0.207. The van der Waals surface area contributed by atoms with Crippen molar-refractivity contribution in [1.29, 1.82) is 0 Å². The van der Waals surface area contributed by atoms with E-state index in [0.717, 1.165) is 12.8 Å². The quantitative estimate of drug-likeness (QED) is 0.638. The third kappa shape index (κ3) is 4.46. The van der Waals surface area contributed by atoms with Crippen LogP contribution >= 0.6 is 0 Å². The largest absolute Gasteiger partial charge is 0.478 e. The molecule has 1 aromatic rings. The van der Waals surface area contributed by atoms with Crippen LogP contribution in [0.25, 0.3) is 0 Å². The lowest BCUT2D eigenvalue weighted by atomic mass is 10.1. The predicted molar refractivity (Wildman–Crippen MR) is 61.6 cm³/mol. The van der Waals surface area contributed by atoms with Gasteiger partial charge in [0.15, 0.2) is 0 Å². The van der Waals surface area contributed by atoms with Gasteiger partial charge in [-0.25, -0.2) is 14.8 Å². The first-order chi connectivity index (χ1) is 8.15. The fraction of sp³-hybridized carbons (Fsp3) is 0.545. The van der Waals surface area contributed by atoms with Gasteiger partial charge in [-0.15, -0.1) is 0 Å². The van der Waals surface area contributed by atoms with Crippen LogP contribution in [0.2, 0.25) is 0 Å². The molecule has 0 aromatic carbocycles. The number of carboxylic acid groups (broad SMARTS) is 1. The van der Waals surface area contributed by atoms with Crippen LogP contribution in [0.15, 0.2) is 12.5 Å². The van der Waals surface area contributed by atoms with E-state index in [1.807, 2.05) is 6.92 Å². The summed E-state index contributed by atoms with van der Waals surface area (Å²) in [6.45, 7) is 2.54. The molecule has 1 rings (SSSR count). The molecular formula is C11H17N3O3. The number of hydrogen-bond donors (Lipinski definition) is 3. The van der Waals surface area contributed by atoms with Gasteiger partial charge in [0, 0.05) is 25.4 Å². The Hall–Kier alpha value is -1.53. The maximum absolute atomic E-state index is 10.9. The molecule has 1 aromatic heterocycles. The summed E-state index contributed by atoms with van der Waals surface area (Å²) in [5.41, 5.74) is 0.595. The smallest absolute Gasteiger partial charge is 0.339 e. The molecule has 0 bridgehead atoms. The molecule has 0 aliphatic carbocycles. The maximum atomic E-state index is 10.9. The molecule has 0 spiro atoms. The van der Waals surface area contributed by atoms with Gasteiger partial charge < -0.3 is 15.5 Å². The minimum atomic E-state index is -1.02. The highest BCUT2D eigenvalue weighted by Gasteiger charge is 2.11. The van der Waals surface area contributed by atoms with Crippen LogP contribution in [0.5, 0.6) is 0 Å². The molecular weight excluding hydrogens is 222 g/mol. The summed E-state index contributed by atoms with van der Waals surface area (Å²) < 4.78 is 0. The highest BCUT2D eigenvalue weighted by atomic mass is 16.4. The van der Waals surface area contributed by atoms with Crippen molar-refractivity contribution < 1.29 is 15.0 Å². The lowest BCUT2D eigenvalue weighted by Crippen LogP contribution is -2.27. The monoisotopic (exact) mass is 239 g/mol. The molecule has 1 atom stereocenters. The summed E-state index contributed by atoms with van der Waals surface area (Å²) in [7, 11) is 0. The van der Waals surface area contributed by atoms with E-state index in [-0.39, 0.29) is 18.2 Å². The first kappa shape index (κ1) is 13.5. The SMILES string of the molecule is CC(CCCO)NCc1ncncc1C(=O)O. The molecule has 0 fully saturated rings. The average Bonchev–Trinajstić information content (AvgIpc) is 2.34. The zero-order chi connectivity index (χ0) is 12.7. The predicted octanol–water partition coefficient (Wildman–Crippen LogP) is 0.425. The zero-order valence-corrected chi connectivity index (χ0v) is 9.76. The van der Waals surface area contributed by atoms with Gasteiger partial charge in [-0.2, -0.15) is 0 Å². The standard InChI is InChI=1S/C11H17N3O3/c1-8(3-2-4-15)13-6-10-9(11(16)17)5-12-7-14-10/h5,7-8,13,15H,2-4,6H2,1H3,(H,16,17). The summed E-state index contributed by atoms with van der Waals surface area (Å²) in [4.78, 5) is 18.5. The van der Waals surface area contributed by atoms with Gasteiger partial charge >= 0.3 is 5.97 Å². The molecule has 0 saturated heterocycles. The molecule has 3 N–H and O–H groups in total. The number of carbonyl (C=O) groups is 1. The zero-order valence-electron chi connectivity index (χ0n) is 9.76. The normalized spacial score (nSPS) is 12.4. The highest BCUT2D eigenvalue weighted by Crippen LogP contribution is 2.04. The first-order valence-electron chi connectivity index (χ1n) is 5.51. The van der Waals surface area contributed by atoms with E-state index < -0.39 is 5.97 Å². The van der Waals surface area contributed by atoms with Gasteiger partial charge in [0.25, 0.3) is 0 Å². The Morgan fingerprint density at radius 1 is 1.59 bits per heavy atom. The van der Waals surface area contributed by atoms with Crippen LogP contribution in [-0.2, 0) is 6.54 Å². The summed E-state index contributed by atoms with van der Waals surface area (Å²) in [6.07, 6.45) is 4.19. The number of aliphatic hydroxyl groups is 1. The lowest BCUT2D eigenvalue weighted by molar-refractivity contribution is 0.0694. The van der Waals surface area contributed by atoms with E-state index in [4.69, 9.17) is 10.2 Å². The van der Waals surface area contributed by atoms with Crippen molar-refractivity contribution in [3.63, 3.8) is 0 Å². The molecule has 1 heterocycles. The van der Waals surface area contributed by atoms with Crippen molar-refractivity contribution in [1.82, 2.24) is 15.3 Å². The fourth-order valence-corrected chi connectivity index (χ4v) is 1.44. The van der Waals surface area contributed by atoms with Gasteiger partial charge in [-0.3, -0.25) is 0 Å². The summed E-state index contributed by atoms with van der Waals surface area (Å²) in [5, 5.41) is 20.8. The van der Waals surface area contributed by atoms with E-state index in [1.54, 1.807) is 0 Å². The number of hydrogen-bond acceptors (Lipinski definition) is 5. The van der Waals surface area contributed by atoms with E-state index in [9.17, 15) is 4.79 Å². The van der Waals surface area contributed by atoms with Gasteiger partial charge in [0.2, 0.25) is 0 Å². The molecule has 6 heteroatoms. The second-order valence-corrected chi connectivity index (χ2v) is 3.84. The number of rotatable bonds is 7. The molecule has 94 valence electrons. The number of nitrogens with one attached hydrogen (secondary N) is 1. The van der Waals surface area contributed by atoms with Crippen LogP contribution in [-0.4, -0.2) is 38.8 Å². The summed E-state index contributed by atoms with van der Waals surface area (Å²) in [5.74, 6) is -1.02. The van der Waals surface area contributed by atoms with Crippen molar-refractivity contribution in [3.8, 4) is 0 Å². The van der Waals surface area contributed by atoms with Crippen LogP contribution in [0, 0.1) is 0 Å². The Balaban J connectivity index is 2.54. The molecule has 1 unspecified atom stereocenters. The van der Waals surface area contributed by atoms with E-state index in [2.05, 4.69) is 15.3 Å². The van der Waals surface area contributed by atoms with Crippen LogP contribution < -0.4 is 5.32 Å². The summed E-state index contributed by atoms with van der Waals surface area (Å²) >= 11 is 0. The van der Waals surface area contributed by atoms with Crippen molar-refractivity contribution in [2.45, 2.75) is 32.4 Å².